The Morgan fingerprint density at radius 1 is 1.24 bits per heavy atom. The highest BCUT2D eigenvalue weighted by Gasteiger charge is 2.25. The topological polar surface area (TPSA) is 41.9 Å². The van der Waals surface area contributed by atoms with Crippen molar-refractivity contribution in [1.29, 1.82) is 0 Å². The molecule has 1 heterocycles. The molecule has 1 fully saturated rings. The molecule has 0 saturated heterocycles. The van der Waals surface area contributed by atoms with Crippen LogP contribution in [0.2, 0.25) is 5.02 Å². The number of fused-ring (bicyclic) bond motifs is 1. The van der Waals surface area contributed by atoms with Crippen LogP contribution in [0.15, 0.2) is 12.1 Å². The molecule has 0 radical (unpaired) electrons. The zero-order valence-electron chi connectivity index (χ0n) is 12.2. The minimum absolute atomic E-state index is 0.241. The number of benzene rings is 1. The van der Waals surface area contributed by atoms with E-state index in [1.54, 1.807) is 0 Å². The Hall–Kier alpha value is -0.970. The van der Waals surface area contributed by atoms with Crippen molar-refractivity contribution in [2.45, 2.75) is 38.3 Å². The molecule has 116 valence electrons. The van der Waals surface area contributed by atoms with E-state index in [1.165, 1.54) is 19.3 Å². The van der Waals surface area contributed by atoms with Crippen LogP contribution >= 0.6 is 11.6 Å². The molecule has 1 aliphatic heterocycles. The van der Waals surface area contributed by atoms with Gasteiger partial charge < -0.3 is 14.6 Å². The van der Waals surface area contributed by atoms with Crippen molar-refractivity contribution in [2.75, 3.05) is 26.4 Å². The van der Waals surface area contributed by atoms with Crippen LogP contribution in [-0.4, -0.2) is 42.4 Å². The predicted molar refractivity (Wildman–Crippen MR) is 82.2 cm³/mol. The average Bonchev–Trinajstić information content (AvgIpc) is 2.43. The lowest BCUT2D eigenvalue weighted by Gasteiger charge is -2.37. The first-order valence-electron chi connectivity index (χ1n) is 7.71. The van der Waals surface area contributed by atoms with E-state index >= 15 is 0 Å². The molecule has 2 aliphatic rings. The summed E-state index contributed by atoms with van der Waals surface area (Å²) < 4.78 is 11.2. The number of ether oxygens (including phenoxy) is 2. The Balaban J connectivity index is 1.74. The highest BCUT2D eigenvalue weighted by molar-refractivity contribution is 6.32. The Bertz CT molecular complexity index is 491. The molecule has 1 aliphatic carbocycles. The fraction of sp³-hybridized carbons (Fsp3) is 0.625. The molecule has 1 aromatic carbocycles. The van der Waals surface area contributed by atoms with Crippen LogP contribution in [0.5, 0.6) is 11.5 Å². The first-order valence-corrected chi connectivity index (χ1v) is 8.08. The summed E-state index contributed by atoms with van der Waals surface area (Å²) in [6.45, 7) is 3.14. The van der Waals surface area contributed by atoms with Crippen molar-refractivity contribution in [3.8, 4) is 11.5 Å². The van der Waals surface area contributed by atoms with Gasteiger partial charge in [0.25, 0.3) is 0 Å². The van der Waals surface area contributed by atoms with E-state index < -0.39 is 0 Å². The van der Waals surface area contributed by atoms with E-state index in [1.807, 2.05) is 12.1 Å². The van der Waals surface area contributed by atoms with Gasteiger partial charge in [-0.15, -0.1) is 0 Å². The van der Waals surface area contributed by atoms with Gasteiger partial charge in [-0.1, -0.05) is 18.0 Å². The smallest absolute Gasteiger partial charge is 0.179 e. The monoisotopic (exact) mass is 311 g/mol. The second-order valence-corrected chi connectivity index (χ2v) is 6.14. The SMILES string of the molecule is OCCCN(Cc1cc(Cl)c2c(c1)OCCO2)C1CCC1. The number of hydrogen-bond acceptors (Lipinski definition) is 4. The van der Waals surface area contributed by atoms with Gasteiger partial charge >= 0.3 is 0 Å². The summed E-state index contributed by atoms with van der Waals surface area (Å²) in [5.41, 5.74) is 1.15. The maximum absolute atomic E-state index is 9.07. The lowest BCUT2D eigenvalue weighted by molar-refractivity contribution is 0.109. The van der Waals surface area contributed by atoms with E-state index in [4.69, 9.17) is 26.2 Å². The standard InChI is InChI=1S/C16H22ClNO3/c17-14-9-12(10-15-16(14)21-8-7-20-15)11-18(5-2-6-19)13-3-1-4-13/h9-10,13,19H,1-8,11H2. The lowest BCUT2D eigenvalue weighted by Crippen LogP contribution is -2.40. The Morgan fingerprint density at radius 2 is 2.05 bits per heavy atom. The molecule has 0 spiro atoms. The molecule has 5 heteroatoms. The van der Waals surface area contributed by atoms with Crippen LogP contribution < -0.4 is 9.47 Å². The Kier molecular flexibility index (Phi) is 4.88. The summed E-state index contributed by atoms with van der Waals surface area (Å²) in [6.07, 6.45) is 4.63. The molecule has 21 heavy (non-hydrogen) atoms. The van der Waals surface area contributed by atoms with Gasteiger partial charge in [0.2, 0.25) is 0 Å². The molecule has 1 N–H and O–H groups in total. The van der Waals surface area contributed by atoms with E-state index in [9.17, 15) is 0 Å². The molecule has 0 aromatic heterocycles. The average molecular weight is 312 g/mol. The van der Waals surface area contributed by atoms with Crippen molar-refractivity contribution in [2.24, 2.45) is 0 Å². The summed E-state index contributed by atoms with van der Waals surface area (Å²) in [6, 6.07) is 4.65. The zero-order valence-corrected chi connectivity index (χ0v) is 12.9. The fourth-order valence-corrected chi connectivity index (χ4v) is 3.19. The molecule has 0 unspecified atom stereocenters. The minimum atomic E-state index is 0.241. The minimum Gasteiger partial charge on any atom is -0.486 e. The number of rotatable bonds is 6. The number of hydrogen-bond donors (Lipinski definition) is 1. The summed E-state index contributed by atoms with van der Waals surface area (Å²) in [5.74, 6) is 1.41. The van der Waals surface area contributed by atoms with E-state index in [0.717, 1.165) is 30.8 Å². The number of nitrogens with zero attached hydrogens (tertiary/aromatic N) is 1. The van der Waals surface area contributed by atoms with Gasteiger partial charge in [-0.3, -0.25) is 4.90 Å². The van der Waals surface area contributed by atoms with Crippen LogP contribution in [0.4, 0.5) is 0 Å². The second kappa shape index (κ2) is 6.86. The normalized spacial score (nSPS) is 17.9. The fourth-order valence-electron chi connectivity index (χ4n) is 2.91. The molecule has 1 saturated carbocycles. The van der Waals surface area contributed by atoms with Gasteiger partial charge in [0.15, 0.2) is 11.5 Å². The van der Waals surface area contributed by atoms with Crippen molar-refractivity contribution >= 4 is 11.6 Å². The lowest BCUT2D eigenvalue weighted by atomic mass is 9.91. The molecule has 0 bridgehead atoms. The van der Waals surface area contributed by atoms with Gasteiger partial charge in [0.05, 0.1) is 5.02 Å². The predicted octanol–water partition coefficient (Wildman–Crippen LogP) is 2.85. The van der Waals surface area contributed by atoms with Crippen molar-refractivity contribution in [1.82, 2.24) is 4.90 Å². The Morgan fingerprint density at radius 3 is 2.76 bits per heavy atom. The van der Waals surface area contributed by atoms with E-state index in [-0.39, 0.29) is 6.61 Å². The van der Waals surface area contributed by atoms with Crippen molar-refractivity contribution in [3.05, 3.63) is 22.7 Å². The largest absolute Gasteiger partial charge is 0.486 e. The van der Waals surface area contributed by atoms with Crippen LogP contribution in [0.3, 0.4) is 0 Å². The quantitative estimate of drug-likeness (QED) is 0.877. The summed E-state index contributed by atoms with van der Waals surface area (Å²) >= 11 is 6.30. The Labute approximate surface area is 130 Å². The first kappa shape index (κ1) is 14.9. The third-order valence-corrected chi connectivity index (χ3v) is 4.52. The zero-order chi connectivity index (χ0) is 14.7. The van der Waals surface area contributed by atoms with Crippen LogP contribution in [0, 0.1) is 0 Å². The molecule has 1 aromatic rings. The molecule has 0 amide bonds. The van der Waals surface area contributed by atoms with Crippen LogP contribution in [0.1, 0.15) is 31.2 Å². The second-order valence-electron chi connectivity index (χ2n) is 5.73. The third kappa shape index (κ3) is 3.44. The highest BCUT2D eigenvalue weighted by atomic mass is 35.5. The van der Waals surface area contributed by atoms with Gasteiger partial charge in [0.1, 0.15) is 13.2 Å². The number of aliphatic hydroxyl groups excluding tert-OH is 1. The van der Waals surface area contributed by atoms with E-state index in [2.05, 4.69) is 4.90 Å². The molecular formula is C16H22ClNO3. The summed E-state index contributed by atoms with van der Waals surface area (Å²) in [5, 5.41) is 9.69. The van der Waals surface area contributed by atoms with Crippen LogP contribution in [-0.2, 0) is 6.54 Å². The maximum Gasteiger partial charge on any atom is 0.179 e. The third-order valence-electron chi connectivity index (χ3n) is 4.24. The molecule has 0 atom stereocenters. The molecule has 4 nitrogen and oxygen atoms in total. The number of halogens is 1. The molecule has 3 rings (SSSR count). The number of aliphatic hydroxyl groups is 1. The van der Waals surface area contributed by atoms with Crippen molar-refractivity contribution < 1.29 is 14.6 Å². The highest BCUT2D eigenvalue weighted by Crippen LogP contribution is 2.39. The van der Waals surface area contributed by atoms with Crippen LogP contribution in [0.25, 0.3) is 0 Å². The van der Waals surface area contributed by atoms with E-state index in [0.29, 0.717) is 30.0 Å². The summed E-state index contributed by atoms with van der Waals surface area (Å²) in [7, 11) is 0. The van der Waals surface area contributed by atoms with Gasteiger partial charge in [-0.05, 0) is 37.0 Å². The van der Waals surface area contributed by atoms with Crippen molar-refractivity contribution in [3.63, 3.8) is 0 Å². The van der Waals surface area contributed by atoms with Gasteiger partial charge in [-0.25, -0.2) is 0 Å². The summed E-state index contributed by atoms with van der Waals surface area (Å²) in [4.78, 5) is 2.45. The maximum atomic E-state index is 9.07. The van der Waals surface area contributed by atoms with Gasteiger partial charge in [-0.2, -0.15) is 0 Å². The first-order chi connectivity index (χ1) is 10.3. The molecular weight excluding hydrogens is 290 g/mol. The van der Waals surface area contributed by atoms with Gasteiger partial charge in [0, 0.05) is 25.7 Å².